The van der Waals surface area contributed by atoms with Crippen LogP contribution in [-0.4, -0.2) is 61.9 Å². The van der Waals surface area contributed by atoms with Crippen LogP contribution < -0.4 is 20.1 Å². The molecule has 274 valence electrons. The first-order valence-electron chi connectivity index (χ1n) is 17.5. The molecule has 0 aliphatic carbocycles. The number of nitriles is 1. The summed E-state index contributed by atoms with van der Waals surface area (Å²) < 4.78 is 14.5. The molecule has 0 saturated carbocycles. The van der Waals surface area contributed by atoms with Crippen LogP contribution in [0.1, 0.15) is 58.7 Å². The second-order valence-corrected chi connectivity index (χ2v) is 13.6. The number of halogens is 1. The Labute approximate surface area is 313 Å². The van der Waals surface area contributed by atoms with E-state index in [2.05, 4.69) is 76.3 Å². The van der Waals surface area contributed by atoms with Crippen molar-refractivity contribution in [2.75, 3.05) is 19.6 Å². The number of nitrogens with one attached hydrogen (secondary N) is 2. The van der Waals surface area contributed by atoms with Gasteiger partial charge < -0.3 is 30.3 Å². The van der Waals surface area contributed by atoms with E-state index in [1.807, 2.05) is 16.8 Å². The Morgan fingerprint density at radius 1 is 1.02 bits per heavy atom. The number of carboxylic acid groups (broad SMARTS) is 1. The zero-order valence-electron chi connectivity index (χ0n) is 29.7. The van der Waals surface area contributed by atoms with Gasteiger partial charge in [0.25, 0.3) is 0 Å². The third-order valence-electron chi connectivity index (χ3n) is 9.46. The third-order valence-corrected chi connectivity index (χ3v) is 9.76. The molecule has 13 heteroatoms. The number of nitrogens with zero attached hydrogens (tertiary/aromatic N) is 5. The van der Waals surface area contributed by atoms with Gasteiger partial charge in [0, 0.05) is 48.2 Å². The number of piperidine rings is 1. The van der Waals surface area contributed by atoms with E-state index in [4.69, 9.17) is 26.2 Å². The van der Waals surface area contributed by atoms with Crippen LogP contribution in [0.15, 0.2) is 73.2 Å². The van der Waals surface area contributed by atoms with Crippen LogP contribution in [0.5, 0.6) is 11.5 Å². The molecule has 1 fully saturated rings. The summed E-state index contributed by atoms with van der Waals surface area (Å²) in [5.41, 5.74) is 9.07. The van der Waals surface area contributed by atoms with Gasteiger partial charge in [-0.05, 0) is 79.7 Å². The van der Waals surface area contributed by atoms with Crippen molar-refractivity contribution in [3.63, 3.8) is 0 Å². The highest BCUT2D eigenvalue weighted by atomic mass is 35.5. The molecule has 5 aromatic rings. The fourth-order valence-corrected chi connectivity index (χ4v) is 6.78. The number of aromatic nitrogens is 4. The van der Waals surface area contributed by atoms with E-state index in [0.29, 0.717) is 39.3 Å². The lowest BCUT2D eigenvalue weighted by Crippen LogP contribution is -2.29. The minimum absolute atomic E-state index is 0.0618. The molecule has 53 heavy (non-hydrogen) atoms. The Balaban J connectivity index is 1.21. The number of hydrogen-bond donors (Lipinski definition) is 4. The Bertz CT molecular complexity index is 2110. The Kier molecular flexibility index (Phi) is 12.3. The number of rotatable bonds is 15. The number of ether oxygens (including phenoxy) is 2. The number of aliphatic carboxylic acids is 1. The van der Waals surface area contributed by atoms with Crippen LogP contribution >= 0.6 is 11.6 Å². The van der Waals surface area contributed by atoms with Crippen molar-refractivity contribution in [1.82, 2.24) is 30.6 Å². The Morgan fingerprint density at radius 3 is 2.53 bits per heavy atom. The standard InChI is InChI=1S/C40H42ClN7O5/c1-25-29(5-3-6-33(25)34-7-4-8-35(26(34)2)37-22-48(47-46-37)31-9-11-43-12-10-31)24-53-39-16-38(52-23-28-13-27(17-42)18-44-19-28)30(14-36(39)41)20-45-21-32(49)15-40(50)51/h3-8,13-14,16,18-19,22,31-32,43,45,49H,9-12,15,20-21,23-24H2,1-2H3,(H,50,51)/t32-/m0/s1. The van der Waals surface area contributed by atoms with Gasteiger partial charge in [-0.1, -0.05) is 53.2 Å². The maximum Gasteiger partial charge on any atom is 0.306 e. The van der Waals surface area contributed by atoms with Gasteiger partial charge in [-0.25, -0.2) is 4.68 Å². The van der Waals surface area contributed by atoms with Gasteiger partial charge in [0.05, 0.1) is 35.3 Å². The molecule has 1 saturated heterocycles. The predicted octanol–water partition coefficient (Wildman–Crippen LogP) is 6.16. The van der Waals surface area contributed by atoms with Gasteiger partial charge >= 0.3 is 5.97 Å². The first-order valence-corrected chi connectivity index (χ1v) is 17.9. The fourth-order valence-electron chi connectivity index (χ4n) is 6.54. The van der Waals surface area contributed by atoms with Crippen molar-refractivity contribution in [3.8, 4) is 40.0 Å². The summed E-state index contributed by atoms with van der Waals surface area (Å²) in [6.07, 6.45) is 5.80. The summed E-state index contributed by atoms with van der Waals surface area (Å²) in [4.78, 5) is 15.1. The molecule has 0 radical (unpaired) electrons. The molecule has 2 aromatic heterocycles. The van der Waals surface area contributed by atoms with Crippen LogP contribution in [0.4, 0.5) is 0 Å². The average molecular weight is 736 g/mol. The van der Waals surface area contributed by atoms with Gasteiger partial charge in [-0.3, -0.25) is 9.78 Å². The zero-order valence-corrected chi connectivity index (χ0v) is 30.4. The molecule has 1 aliphatic heterocycles. The van der Waals surface area contributed by atoms with Crippen LogP contribution in [0.25, 0.3) is 22.4 Å². The minimum atomic E-state index is -1.08. The monoisotopic (exact) mass is 735 g/mol. The number of aliphatic hydroxyl groups is 1. The number of carbonyl (C=O) groups is 1. The third kappa shape index (κ3) is 9.38. The Hall–Kier alpha value is -5.32. The number of hydrogen-bond acceptors (Lipinski definition) is 10. The van der Waals surface area contributed by atoms with Crippen molar-refractivity contribution in [3.05, 3.63) is 112 Å². The number of carboxylic acids is 1. The van der Waals surface area contributed by atoms with Gasteiger partial charge in [0.15, 0.2) is 0 Å². The lowest BCUT2D eigenvalue weighted by atomic mass is 9.91. The van der Waals surface area contributed by atoms with Gasteiger partial charge in [0.1, 0.15) is 36.5 Å². The molecule has 1 aliphatic rings. The molecule has 6 rings (SSSR count). The summed E-state index contributed by atoms with van der Waals surface area (Å²) in [6.45, 7) is 6.86. The SMILES string of the molecule is Cc1c(COc2cc(OCc3cncc(C#N)c3)c(CNC[C@@H](O)CC(=O)O)cc2Cl)cccc1-c1cccc(-c2cn(C3CCNCC3)nn2)c1C. The van der Waals surface area contributed by atoms with Crippen molar-refractivity contribution in [2.24, 2.45) is 0 Å². The molecular formula is C40H42ClN7O5. The summed E-state index contributed by atoms with van der Waals surface area (Å²) in [5, 5.41) is 44.2. The van der Waals surface area contributed by atoms with Crippen molar-refractivity contribution < 1.29 is 24.5 Å². The normalized spacial score (nSPS) is 13.7. The molecule has 3 aromatic carbocycles. The van der Waals surface area contributed by atoms with Crippen molar-refractivity contribution in [1.29, 1.82) is 5.26 Å². The summed E-state index contributed by atoms with van der Waals surface area (Å²) >= 11 is 6.75. The molecule has 3 heterocycles. The average Bonchev–Trinajstić information content (AvgIpc) is 3.65. The van der Waals surface area contributed by atoms with Crippen molar-refractivity contribution in [2.45, 2.75) is 65.0 Å². The van der Waals surface area contributed by atoms with E-state index < -0.39 is 12.1 Å². The maximum atomic E-state index is 11.0. The van der Waals surface area contributed by atoms with E-state index in [9.17, 15) is 15.2 Å². The smallest absolute Gasteiger partial charge is 0.306 e. The van der Waals surface area contributed by atoms with E-state index in [1.165, 1.54) is 6.20 Å². The second-order valence-electron chi connectivity index (χ2n) is 13.2. The molecule has 0 amide bonds. The fraction of sp³-hybridized carbons (Fsp3) is 0.325. The lowest BCUT2D eigenvalue weighted by Gasteiger charge is -2.22. The predicted molar refractivity (Wildman–Crippen MR) is 201 cm³/mol. The lowest BCUT2D eigenvalue weighted by molar-refractivity contribution is -0.139. The zero-order chi connectivity index (χ0) is 37.3. The molecular weight excluding hydrogens is 694 g/mol. The highest BCUT2D eigenvalue weighted by Gasteiger charge is 2.20. The van der Waals surface area contributed by atoms with E-state index in [1.54, 1.807) is 24.4 Å². The van der Waals surface area contributed by atoms with Gasteiger partial charge in [-0.2, -0.15) is 5.26 Å². The molecule has 0 bridgehead atoms. The molecule has 0 spiro atoms. The van der Waals surface area contributed by atoms with E-state index in [-0.39, 0.29) is 32.7 Å². The van der Waals surface area contributed by atoms with Crippen LogP contribution in [0.2, 0.25) is 5.02 Å². The molecule has 1 atom stereocenters. The maximum absolute atomic E-state index is 11.0. The van der Waals surface area contributed by atoms with Gasteiger partial charge in [0.2, 0.25) is 0 Å². The van der Waals surface area contributed by atoms with E-state index >= 15 is 0 Å². The quantitative estimate of drug-likeness (QED) is 0.0973. The summed E-state index contributed by atoms with van der Waals surface area (Å²) in [6, 6.07) is 20.0. The second kappa shape index (κ2) is 17.5. The summed E-state index contributed by atoms with van der Waals surface area (Å²) in [7, 11) is 0. The first kappa shape index (κ1) is 37.4. The number of aliphatic hydroxyl groups excluding tert-OH is 1. The molecule has 4 N–H and O–H groups in total. The Morgan fingerprint density at radius 2 is 1.75 bits per heavy atom. The largest absolute Gasteiger partial charge is 0.488 e. The van der Waals surface area contributed by atoms with Crippen molar-refractivity contribution >= 4 is 17.6 Å². The molecule has 12 nitrogen and oxygen atoms in total. The van der Waals surface area contributed by atoms with Gasteiger partial charge in [-0.15, -0.1) is 5.10 Å². The summed E-state index contributed by atoms with van der Waals surface area (Å²) in [5.74, 6) is -0.194. The number of pyridine rings is 1. The molecule has 0 unspecified atom stereocenters. The van der Waals surface area contributed by atoms with E-state index in [0.717, 1.165) is 65.0 Å². The first-order chi connectivity index (χ1) is 25.7. The van der Waals surface area contributed by atoms with Crippen LogP contribution in [-0.2, 0) is 24.6 Å². The highest BCUT2D eigenvalue weighted by molar-refractivity contribution is 6.32. The van der Waals surface area contributed by atoms with Crippen LogP contribution in [0.3, 0.4) is 0 Å². The number of benzene rings is 3. The minimum Gasteiger partial charge on any atom is -0.488 e. The highest BCUT2D eigenvalue weighted by Crippen LogP contribution is 2.37. The topological polar surface area (TPSA) is 167 Å². The van der Waals surface area contributed by atoms with Crippen LogP contribution in [0, 0.1) is 25.2 Å².